The van der Waals surface area contributed by atoms with Gasteiger partial charge in [-0.3, -0.25) is 4.79 Å². The summed E-state index contributed by atoms with van der Waals surface area (Å²) in [4.78, 5) is 11.3. The predicted molar refractivity (Wildman–Crippen MR) is 68.7 cm³/mol. The molecule has 88 valence electrons. The Labute approximate surface area is 98.9 Å². The van der Waals surface area contributed by atoms with Gasteiger partial charge in [-0.1, -0.05) is 37.6 Å². The summed E-state index contributed by atoms with van der Waals surface area (Å²) in [5.41, 5.74) is 4.12. The maximum absolute atomic E-state index is 11.3. The molecule has 1 aliphatic carbocycles. The number of fused-ring (bicyclic) bond motifs is 1. The Morgan fingerprint density at radius 1 is 1.25 bits per heavy atom. The van der Waals surface area contributed by atoms with E-state index in [1.54, 1.807) is 6.92 Å². The normalized spacial score (nSPS) is 18.1. The topological polar surface area (TPSA) is 17.1 Å². The Morgan fingerprint density at radius 2 is 1.94 bits per heavy atom. The van der Waals surface area contributed by atoms with Gasteiger partial charge in [0.05, 0.1) is 0 Å². The van der Waals surface area contributed by atoms with Crippen LogP contribution in [-0.4, -0.2) is 5.78 Å². The Balaban J connectivity index is 0.000000606. The molecule has 0 amide bonds. The van der Waals surface area contributed by atoms with Crippen molar-refractivity contribution in [1.29, 1.82) is 0 Å². The fourth-order valence-electron chi connectivity index (χ4n) is 2.23. The van der Waals surface area contributed by atoms with Gasteiger partial charge in [0.1, 0.15) is 5.78 Å². The summed E-state index contributed by atoms with van der Waals surface area (Å²) in [5.74, 6) is 0.612. The molecular weight excluding hydrogens is 196 g/mol. The van der Waals surface area contributed by atoms with E-state index in [1.165, 1.54) is 16.7 Å². The first kappa shape index (κ1) is 13.0. The predicted octanol–water partition coefficient (Wildman–Crippen LogP) is 3.72. The van der Waals surface area contributed by atoms with Gasteiger partial charge in [-0.25, -0.2) is 0 Å². The highest BCUT2D eigenvalue weighted by atomic mass is 16.1. The van der Waals surface area contributed by atoms with E-state index in [1.807, 2.05) is 13.8 Å². The van der Waals surface area contributed by atoms with Crippen LogP contribution in [0, 0.1) is 12.8 Å². The largest absolute Gasteiger partial charge is 0.300 e. The van der Waals surface area contributed by atoms with Crippen LogP contribution in [0.15, 0.2) is 18.2 Å². The number of Topliss-reactive ketones (excluding diaryl/α,β-unsaturated/α-hetero) is 1. The first-order valence-corrected chi connectivity index (χ1v) is 6.25. The zero-order valence-electron chi connectivity index (χ0n) is 10.8. The Morgan fingerprint density at radius 3 is 2.56 bits per heavy atom. The van der Waals surface area contributed by atoms with E-state index in [-0.39, 0.29) is 5.92 Å². The lowest BCUT2D eigenvalue weighted by Crippen LogP contribution is -2.20. The van der Waals surface area contributed by atoms with Crippen LogP contribution >= 0.6 is 0 Å². The molecule has 1 heteroatoms. The maximum atomic E-state index is 11.3. The zero-order chi connectivity index (χ0) is 12.1. The third-order valence-electron chi connectivity index (χ3n) is 3.17. The number of benzene rings is 1. The van der Waals surface area contributed by atoms with Crippen molar-refractivity contribution < 1.29 is 4.79 Å². The van der Waals surface area contributed by atoms with Crippen molar-refractivity contribution in [2.75, 3.05) is 0 Å². The van der Waals surface area contributed by atoms with Crippen molar-refractivity contribution in [3.05, 3.63) is 34.9 Å². The average molecular weight is 218 g/mol. The van der Waals surface area contributed by atoms with E-state index in [4.69, 9.17) is 0 Å². The van der Waals surface area contributed by atoms with E-state index in [0.717, 1.165) is 19.3 Å². The number of hydrogen-bond donors (Lipinski definition) is 0. The third-order valence-corrected chi connectivity index (χ3v) is 3.17. The number of carbonyl (C=O) groups excluding carboxylic acids is 1. The van der Waals surface area contributed by atoms with Crippen LogP contribution in [0.4, 0.5) is 0 Å². The lowest BCUT2D eigenvalue weighted by atomic mass is 9.81. The van der Waals surface area contributed by atoms with Gasteiger partial charge in [0.25, 0.3) is 0 Å². The summed E-state index contributed by atoms with van der Waals surface area (Å²) in [7, 11) is 0. The second-order valence-corrected chi connectivity index (χ2v) is 4.32. The first-order valence-electron chi connectivity index (χ1n) is 6.25. The lowest BCUT2D eigenvalue weighted by Gasteiger charge is -2.22. The molecule has 1 atom stereocenters. The van der Waals surface area contributed by atoms with Gasteiger partial charge < -0.3 is 0 Å². The molecule has 0 aliphatic heterocycles. The van der Waals surface area contributed by atoms with Gasteiger partial charge in [-0.05, 0) is 44.2 Å². The molecule has 0 radical (unpaired) electrons. The fraction of sp³-hybridized carbons (Fsp3) is 0.533. The summed E-state index contributed by atoms with van der Waals surface area (Å²) in [6.45, 7) is 7.82. The van der Waals surface area contributed by atoms with Crippen LogP contribution < -0.4 is 0 Å². The smallest absolute Gasteiger partial charge is 0.133 e. The summed E-state index contributed by atoms with van der Waals surface area (Å²) < 4.78 is 0. The van der Waals surface area contributed by atoms with E-state index < -0.39 is 0 Å². The highest BCUT2D eigenvalue weighted by Gasteiger charge is 2.21. The van der Waals surface area contributed by atoms with Gasteiger partial charge >= 0.3 is 0 Å². The molecule has 1 aromatic rings. The maximum Gasteiger partial charge on any atom is 0.133 e. The van der Waals surface area contributed by atoms with Crippen molar-refractivity contribution in [3.8, 4) is 0 Å². The van der Waals surface area contributed by atoms with Gasteiger partial charge in [-0.2, -0.15) is 0 Å². The molecule has 1 unspecified atom stereocenters. The first-order chi connectivity index (χ1) is 7.66. The second kappa shape index (κ2) is 5.83. The van der Waals surface area contributed by atoms with Crippen molar-refractivity contribution in [2.45, 2.75) is 47.0 Å². The van der Waals surface area contributed by atoms with Crippen molar-refractivity contribution in [2.24, 2.45) is 5.92 Å². The molecule has 1 nitrogen and oxygen atoms in total. The van der Waals surface area contributed by atoms with Gasteiger partial charge in [0.15, 0.2) is 0 Å². The van der Waals surface area contributed by atoms with Gasteiger partial charge in [0.2, 0.25) is 0 Å². The van der Waals surface area contributed by atoms with Crippen LogP contribution in [0.25, 0.3) is 0 Å². The molecule has 16 heavy (non-hydrogen) atoms. The summed E-state index contributed by atoms with van der Waals surface area (Å²) in [6, 6.07) is 6.60. The van der Waals surface area contributed by atoms with E-state index in [0.29, 0.717) is 5.78 Å². The molecule has 0 spiro atoms. The van der Waals surface area contributed by atoms with E-state index in [9.17, 15) is 4.79 Å². The molecule has 1 aliphatic rings. The Bertz CT molecular complexity index is 366. The minimum Gasteiger partial charge on any atom is -0.300 e. The number of carbonyl (C=O) groups is 1. The monoisotopic (exact) mass is 218 g/mol. The molecule has 0 heterocycles. The highest BCUT2D eigenvalue weighted by molar-refractivity contribution is 5.79. The standard InChI is InChI=1S/C13H16O.C2H6/c1-9-3-4-11-5-6-12(10(2)14)8-13(11)7-9;1-2/h3-4,7,12H,5-6,8H2,1-2H3;1-2H3. The molecule has 2 rings (SSSR count). The summed E-state index contributed by atoms with van der Waals surface area (Å²) in [6.07, 6.45) is 3.05. The fourth-order valence-corrected chi connectivity index (χ4v) is 2.23. The summed E-state index contributed by atoms with van der Waals surface area (Å²) >= 11 is 0. The molecule has 0 bridgehead atoms. The zero-order valence-corrected chi connectivity index (χ0v) is 10.8. The molecule has 0 N–H and O–H groups in total. The Hall–Kier alpha value is -1.11. The van der Waals surface area contributed by atoms with Gasteiger partial charge in [0, 0.05) is 5.92 Å². The molecule has 0 saturated heterocycles. The van der Waals surface area contributed by atoms with Crippen molar-refractivity contribution in [1.82, 2.24) is 0 Å². The minimum absolute atomic E-state index is 0.268. The quantitative estimate of drug-likeness (QED) is 0.702. The molecule has 0 fully saturated rings. The number of aryl methyl sites for hydroxylation is 2. The second-order valence-electron chi connectivity index (χ2n) is 4.32. The molecule has 0 aromatic heterocycles. The SMILES string of the molecule is CC.CC(=O)C1CCc2ccc(C)cc2C1. The average Bonchev–Trinajstić information content (AvgIpc) is 2.30. The third kappa shape index (κ3) is 2.94. The minimum atomic E-state index is 0.268. The highest BCUT2D eigenvalue weighted by Crippen LogP contribution is 2.26. The Kier molecular flexibility index (Phi) is 4.72. The van der Waals surface area contributed by atoms with Crippen molar-refractivity contribution in [3.63, 3.8) is 0 Å². The molecule has 0 saturated carbocycles. The number of rotatable bonds is 1. The molecular formula is C15H22O. The van der Waals surface area contributed by atoms with Crippen LogP contribution in [0.1, 0.15) is 43.9 Å². The molecule has 1 aromatic carbocycles. The van der Waals surface area contributed by atoms with Crippen LogP contribution in [0.2, 0.25) is 0 Å². The number of ketones is 1. The van der Waals surface area contributed by atoms with Crippen LogP contribution in [-0.2, 0) is 17.6 Å². The summed E-state index contributed by atoms with van der Waals surface area (Å²) in [5, 5.41) is 0. The van der Waals surface area contributed by atoms with Crippen LogP contribution in [0.3, 0.4) is 0 Å². The van der Waals surface area contributed by atoms with Crippen LogP contribution in [0.5, 0.6) is 0 Å². The number of hydrogen-bond acceptors (Lipinski definition) is 1. The van der Waals surface area contributed by atoms with E-state index in [2.05, 4.69) is 25.1 Å². The van der Waals surface area contributed by atoms with Gasteiger partial charge in [-0.15, -0.1) is 0 Å². The van der Waals surface area contributed by atoms with E-state index >= 15 is 0 Å². The lowest BCUT2D eigenvalue weighted by molar-refractivity contribution is -0.121. The van der Waals surface area contributed by atoms with Crippen molar-refractivity contribution >= 4 is 5.78 Å².